The normalized spacial score (nSPS) is 20.0. The molecule has 112 valence electrons. The lowest BCUT2D eigenvalue weighted by Gasteiger charge is -2.32. The molecule has 1 unspecified atom stereocenters. The number of likely N-dealkylation sites (tertiary alicyclic amines) is 1. The monoisotopic (exact) mass is 287 g/mol. The highest BCUT2D eigenvalue weighted by Crippen LogP contribution is 2.20. The molecule has 2 aromatic rings. The van der Waals surface area contributed by atoms with Crippen molar-refractivity contribution >= 4 is 5.65 Å². The molecule has 0 amide bonds. The molecule has 0 aliphatic carbocycles. The summed E-state index contributed by atoms with van der Waals surface area (Å²) in [5, 5.41) is 9.07. The van der Waals surface area contributed by atoms with Gasteiger partial charge in [0.25, 0.3) is 5.56 Å². The van der Waals surface area contributed by atoms with Gasteiger partial charge in [-0.2, -0.15) is 0 Å². The molecule has 0 saturated carbocycles. The topological polar surface area (TPSA) is 57.8 Å². The Morgan fingerprint density at radius 2 is 2.29 bits per heavy atom. The molecule has 1 N–H and O–H groups in total. The Labute approximate surface area is 123 Å². The molecule has 5 heteroatoms. The van der Waals surface area contributed by atoms with Gasteiger partial charge in [0.15, 0.2) is 0 Å². The molecular formula is C16H21N3O2. The van der Waals surface area contributed by atoms with Crippen LogP contribution >= 0.6 is 0 Å². The summed E-state index contributed by atoms with van der Waals surface area (Å²) in [5.74, 6) is 0.560. The SMILES string of the molecule is O=c1cc(CN2CCCC(CCO)C2)nc2ccccn12. The van der Waals surface area contributed by atoms with Gasteiger partial charge in [0.05, 0.1) is 5.69 Å². The van der Waals surface area contributed by atoms with Crippen molar-refractivity contribution in [2.75, 3.05) is 19.7 Å². The standard InChI is InChI=1S/C16H21N3O2/c20-9-6-13-4-3-7-18(11-13)12-14-10-16(21)19-8-2-1-5-15(19)17-14/h1-2,5,8,10,13,20H,3-4,6-7,9,11-12H2. The molecule has 0 bridgehead atoms. The van der Waals surface area contributed by atoms with Crippen molar-refractivity contribution in [2.45, 2.75) is 25.8 Å². The summed E-state index contributed by atoms with van der Waals surface area (Å²) in [6.07, 6.45) is 4.94. The van der Waals surface area contributed by atoms with Crippen molar-refractivity contribution in [3.63, 3.8) is 0 Å². The predicted octanol–water partition coefficient (Wildman–Crippen LogP) is 1.29. The average molecular weight is 287 g/mol. The minimum Gasteiger partial charge on any atom is -0.396 e. The highest BCUT2D eigenvalue weighted by atomic mass is 16.3. The van der Waals surface area contributed by atoms with E-state index in [1.54, 1.807) is 16.7 Å². The highest BCUT2D eigenvalue weighted by molar-refractivity contribution is 5.37. The second-order valence-corrected chi connectivity index (χ2v) is 5.77. The summed E-state index contributed by atoms with van der Waals surface area (Å²) in [6, 6.07) is 7.21. The molecule has 2 aromatic heterocycles. The van der Waals surface area contributed by atoms with Gasteiger partial charge in [-0.25, -0.2) is 4.98 Å². The maximum atomic E-state index is 12.1. The Hall–Kier alpha value is -1.72. The van der Waals surface area contributed by atoms with Gasteiger partial charge in [0.1, 0.15) is 5.65 Å². The number of pyridine rings is 1. The van der Waals surface area contributed by atoms with E-state index < -0.39 is 0 Å². The third-order valence-corrected chi connectivity index (χ3v) is 4.15. The predicted molar refractivity (Wildman–Crippen MR) is 81.2 cm³/mol. The molecule has 5 nitrogen and oxygen atoms in total. The molecule has 1 aliphatic rings. The first-order valence-corrected chi connectivity index (χ1v) is 7.57. The number of aliphatic hydroxyl groups excluding tert-OH is 1. The first-order chi connectivity index (χ1) is 10.3. The van der Waals surface area contributed by atoms with Gasteiger partial charge in [-0.15, -0.1) is 0 Å². The van der Waals surface area contributed by atoms with Crippen LogP contribution in [0.5, 0.6) is 0 Å². The van der Waals surface area contributed by atoms with E-state index in [1.807, 2.05) is 18.2 Å². The number of hydrogen-bond donors (Lipinski definition) is 1. The number of nitrogens with zero attached hydrogens (tertiary/aromatic N) is 3. The third kappa shape index (κ3) is 3.31. The van der Waals surface area contributed by atoms with Crippen LogP contribution < -0.4 is 5.56 Å². The molecule has 1 aliphatic heterocycles. The molecule has 0 aromatic carbocycles. The van der Waals surface area contributed by atoms with E-state index in [-0.39, 0.29) is 12.2 Å². The maximum absolute atomic E-state index is 12.1. The van der Waals surface area contributed by atoms with Gasteiger partial charge in [0, 0.05) is 32.0 Å². The van der Waals surface area contributed by atoms with Crippen molar-refractivity contribution in [1.82, 2.24) is 14.3 Å². The maximum Gasteiger partial charge on any atom is 0.258 e. The van der Waals surface area contributed by atoms with E-state index in [9.17, 15) is 4.79 Å². The Bertz CT molecular complexity index is 666. The zero-order chi connectivity index (χ0) is 14.7. The second-order valence-electron chi connectivity index (χ2n) is 5.77. The van der Waals surface area contributed by atoms with E-state index in [1.165, 1.54) is 6.42 Å². The summed E-state index contributed by atoms with van der Waals surface area (Å²) in [4.78, 5) is 19.0. The molecular weight excluding hydrogens is 266 g/mol. The van der Waals surface area contributed by atoms with Gasteiger partial charge in [-0.05, 0) is 43.9 Å². The van der Waals surface area contributed by atoms with Gasteiger partial charge in [-0.1, -0.05) is 6.07 Å². The number of aromatic nitrogens is 2. The van der Waals surface area contributed by atoms with Crippen molar-refractivity contribution in [3.05, 3.63) is 46.5 Å². The van der Waals surface area contributed by atoms with Crippen LogP contribution in [0.2, 0.25) is 0 Å². The zero-order valence-corrected chi connectivity index (χ0v) is 12.1. The van der Waals surface area contributed by atoms with Crippen molar-refractivity contribution in [1.29, 1.82) is 0 Å². The molecule has 0 radical (unpaired) electrons. The molecule has 3 rings (SSSR count). The van der Waals surface area contributed by atoms with Crippen LogP contribution in [-0.2, 0) is 6.54 Å². The molecule has 1 saturated heterocycles. The van der Waals surface area contributed by atoms with Crippen LogP contribution in [-0.4, -0.2) is 39.1 Å². The lowest BCUT2D eigenvalue weighted by atomic mass is 9.95. The summed E-state index contributed by atoms with van der Waals surface area (Å²) in [6.45, 7) is 2.99. The van der Waals surface area contributed by atoms with Gasteiger partial charge in [0.2, 0.25) is 0 Å². The largest absolute Gasteiger partial charge is 0.396 e. The van der Waals surface area contributed by atoms with Crippen molar-refractivity contribution < 1.29 is 5.11 Å². The van der Waals surface area contributed by atoms with Crippen molar-refractivity contribution in [2.24, 2.45) is 5.92 Å². The number of rotatable bonds is 4. The molecule has 1 fully saturated rings. The van der Waals surface area contributed by atoms with Crippen LogP contribution in [0, 0.1) is 5.92 Å². The summed E-state index contributed by atoms with van der Waals surface area (Å²) < 4.78 is 1.56. The van der Waals surface area contributed by atoms with Crippen molar-refractivity contribution in [3.8, 4) is 0 Å². The van der Waals surface area contributed by atoms with E-state index >= 15 is 0 Å². The van der Waals surface area contributed by atoms with Gasteiger partial charge in [-0.3, -0.25) is 14.1 Å². The average Bonchev–Trinajstić information content (AvgIpc) is 2.48. The van der Waals surface area contributed by atoms with E-state index in [2.05, 4.69) is 9.88 Å². The first kappa shape index (κ1) is 14.2. The van der Waals surface area contributed by atoms with E-state index in [0.717, 1.165) is 31.6 Å². The Morgan fingerprint density at radius 3 is 3.14 bits per heavy atom. The fourth-order valence-electron chi connectivity index (χ4n) is 3.13. The first-order valence-electron chi connectivity index (χ1n) is 7.57. The third-order valence-electron chi connectivity index (χ3n) is 4.15. The van der Waals surface area contributed by atoms with E-state index in [4.69, 9.17) is 5.11 Å². The summed E-state index contributed by atoms with van der Waals surface area (Å²) >= 11 is 0. The van der Waals surface area contributed by atoms with Gasteiger partial charge >= 0.3 is 0 Å². The smallest absolute Gasteiger partial charge is 0.258 e. The lowest BCUT2D eigenvalue weighted by molar-refractivity contribution is 0.141. The number of piperidine rings is 1. The molecule has 1 atom stereocenters. The fraction of sp³-hybridized carbons (Fsp3) is 0.500. The molecule has 3 heterocycles. The second kappa shape index (κ2) is 6.37. The summed E-state index contributed by atoms with van der Waals surface area (Å²) in [7, 11) is 0. The van der Waals surface area contributed by atoms with Crippen LogP contribution in [0.25, 0.3) is 5.65 Å². The Balaban J connectivity index is 1.77. The zero-order valence-electron chi connectivity index (χ0n) is 12.1. The highest BCUT2D eigenvalue weighted by Gasteiger charge is 2.20. The number of aliphatic hydroxyl groups is 1. The van der Waals surface area contributed by atoms with Crippen LogP contribution in [0.15, 0.2) is 35.3 Å². The molecule has 0 spiro atoms. The minimum absolute atomic E-state index is 0.0282. The number of hydrogen-bond acceptors (Lipinski definition) is 4. The quantitative estimate of drug-likeness (QED) is 0.920. The van der Waals surface area contributed by atoms with Crippen LogP contribution in [0.3, 0.4) is 0 Å². The van der Waals surface area contributed by atoms with Gasteiger partial charge < -0.3 is 5.11 Å². The fourth-order valence-corrected chi connectivity index (χ4v) is 3.13. The Kier molecular flexibility index (Phi) is 4.31. The lowest BCUT2D eigenvalue weighted by Crippen LogP contribution is -2.35. The summed E-state index contributed by atoms with van der Waals surface area (Å²) in [5.41, 5.74) is 1.50. The van der Waals surface area contributed by atoms with Crippen LogP contribution in [0.4, 0.5) is 0 Å². The minimum atomic E-state index is -0.0282. The van der Waals surface area contributed by atoms with E-state index in [0.29, 0.717) is 18.1 Å². The Morgan fingerprint density at radius 1 is 1.38 bits per heavy atom. The molecule has 21 heavy (non-hydrogen) atoms. The van der Waals surface area contributed by atoms with Crippen LogP contribution in [0.1, 0.15) is 25.0 Å². The number of fused-ring (bicyclic) bond motifs is 1.